The molecule has 0 radical (unpaired) electrons. The normalized spacial score (nSPS) is 15.4. The monoisotopic (exact) mass is 299 g/mol. The van der Waals surface area contributed by atoms with Gasteiger partial charge in [0.1, 0.15) is 0 Å². The molecule has 0 saturated carbocycles. The molecule has 0 heterocycles. The second-order valence-corrected chi connectivity index (χ2v) is 7.84. The van der Waals surface area contributed by atoms with E-state index in [4.69, 9.17) is 11.5 Å². The van der Waals surface area contributed by atoms with Crippen LogP contribution in [0.15, 0.2) is 0 Å². The molecule has 128 valence electrons. The van der Waals surface area contributed by atoms with E-state index in [0.29, 0.717) is 18.6 Å². The van der Waals surface area contributed by atoms with Crippen LogP contribution < -0.4 is 16.8 Å². The zero-order valence-corrected chi connectivity index (χ0v) is 15.3. The average molecular weight is 300 g/mol. The van der Waals surface area contributed by atoms with Gasteiger partial charge < -0.3 is 16.8 Å². The largest absolute Gasteiger partial charge is 0.330 e. The molecule has 0 aromatic heterocycles. The lowest BCUT2D eigenvalue weighted by molar-refractivity contribution is 0.296. The highest BCUT2D eigenvalue weighted by Crippen LogP contribution is 2.18. The first-order chi connectivity index (χ1) is 9.76. The maximum Gasteiger partial charge on any atom is 0.0127 e. The summed E-state index contributed by atoms with van der Waals surface area (Å²) >= 11 is 0. The van der Waals surface area contributed by atoms with Gasteiger partial charge in [-0.15, -0.1) is 0 Å². The number of unbranched alkanes of at least 4 members (excludes halogenated alkanes) is 1. The van der Waals surface area contributed by atoms with Crippen LogP contribution in [0.2, 0.25) is 0 Å². The Kier molecular flexibility index (Phi) is 11.4. The van der Waals surface area contributed by atoms with Crippen molar-refractivity contribution in [1.82, 2.24) is 5.32 Å². The van der Waals surface area contributed by atoms with Crippen LogP contribution in [0.1, 0.15) is 86.0 Å². The molecule has 5 N–H and O–H groups in total. The lowest BCUT2D eigenvalue weighted by Gasteiger charge is -2.31. The minimum absolute atomic E-state index is 0.254. The Morgan fingerprint density at radius 3 is 2.10 bits per heavy atom. The maximum atomic E-state index is 5.99. The maximum absolute atomic E-state index is 5.99. The predicted octanol–water partition coefficient (Wildman–Crippen LogP) is 3.81. The van der Waals surface area contributed by atoms with E-state index >= 15 is 0 Å². The second kappa shape index (κ2) is 11.4. The molecule has 0 aromatic carbocycles. The molecular weight excluding hydrogens is 258 g/mol. The molecule has 0 aliphatic heterocycles. The van der Waals surface area contributed by atoms with Gasteiger partial charge in [-0.3, -0.25) is 0 Å². The van der Waals surface area contributed by atoms with Gasteiger partial charge in [0.15, 0.2) is 0 Å². The van der Waals surface area contributed by atoms with E-state index in [-0.39, 0.29) is 5.54 Å². The third kappa shape index (κ3) is 13.3. The Labute approximate surface area is 133 Å². The van der Waals surface area contributed by atoms with Crippen molar-refractivity contribution in [3.63, 3.8) is 0 Å². The van der Waals surface area contributed by atoms with E-state index < -0.39 is 0 Å². The summed E-state index contributed by atoms with van der Waals surface area (Å²) in [6.45, 7) is 12.3. The summed E-state index contributed by atoms with van der Waals surface area (Å²) in [4.78, 5) is 0. The third-order valence-corrected chi connectivity index (χ3v) is 4.22. The molecule has 0 aromatic rings. The van der Waals surface area contributed by atoms with Crippen LogP contribution >= 0.6 is 0 Å². The summed E-state index contributed by atoms with van der Waals surface area (Å²) in [5.41, 5.74) is 11.8. The van der Waals surface area contributed by atoms with E-state index in [0.717, 1.165) is 18.8 Å². The SMILES string of the molecule is CC(C)CCCC(C)(C)NC(C)CCCCC(N)CCN. The number of nitrogens with one attached hydrogen (secondary N) is 1. The molecule has 0 aliphatic rings. The van der Waals surface area contributed by atoms with Gasteiger partial charge in [0, 0.05) is 17.6 Å². The highest BCUT2D eigenvalue weighted by molar-refractivity contribution is 4.80. The summed E-state index contributed by atoms with van der Waals surface area (Å²) in [5, 5.41) is 3.79. The standard InChI is InChI=1S/C18H41N3/c1-15(2)9-8-13-18(4,5)21-16(3)10-6-7-11-17(20)12-14-19/h15-17,21H,6-14,19-20H2,1-5H3. The Balaban J connectivity index is 3.73. The van der Waals surface area contributed by atoms with Gasteiger partial charge in [-0.2, -0.15) is 0 Å². The lowest BCUT2D eigenvalue weighted by atomic mass is 9.93. The first-order valence-corrected chi connectivity index (χ1v) is 9.00. The molecule has 2 atom stereocenters. The predicted molar refractivity (Wildman–Crippen MR) is 95.5 cm³/mol. The molecular formula is C18H41N3. The van der Waals surface area contributed by atoms with Gasteiger partial charge in [-0.25, -0.2) is 0 Å². The van der Waals surface area contributed by atoms with Crippen molar-refractivity contribution < 1.29 is 0 Å². The molecule has 0 saturated heterocycles. The molecule has 0 rings (SSSR count). The van der Waals surface area contributed by atoms with Crippen molar-refractivity contribution in [1.29, 1.82) is 0 Å². The smallest absolute Gasteiger partial charge is 0.0127 e. The molecule has 0 spiro atoms. The molecule has 0 aliphatic carbocycles. The van der Waals surface area contributed by atoms with Crippen LogP contribution in [-0.2, 0) is 0 Å². The van der Waals surface area contributed by atoms with Crippen LogP contribution in [0.4, 0.5) is 0 Å². The van der Waals surface area contributed by atoms with Gasteiger partial charge in [0.25, 0.3) is 0 Å². The van der Waals surface area contributed by atoms with Crippen molar-refractivity contribution in [3.8, 4) is 0 Å². The summed E-state index contributed by atoms with van der Waals surface area (Å²) in [7, 11) is 0. The minimum Gasteiger partial charge on any atom is -0.330 e. The minimum atomic E-state index is 0.254. The van der Waals surface area contributed by atoms with Gasteiger partial charge in [-0.05, 0) is 58.9 Å². The van der Waals surface area contributed by atoms with Gasteiger partial charge >= 0.3 is 0 Å². The van der Waals surface area contributed by atoms with Crippen LogP contribution in [-0.4, -0.2) is 24.2 Å². The molecule has 3 heteroatoms. The second-order valence-electron chi connectivity index (χ2n) is 7.84. The first kappa shape index (κ1) is 20.9. The van der Waals surface area contributed by atoms with Crippen molar-refractivity contribution >= 4 is 0 Å². The zero-order valence-electron chi connectivity index (χ0n) is 15.3. The van der Waals surface area contributed by atoms with Crippen molar-refractivity contribution in [2.45, 2.75) is 104 Å². The first-order valence-electron chi connectivity index (χ1n) is 9.00. The van der Waals surface area contributed by atoms with E-state index in [1.807, 2.05) is 0 Å². The topological polar surface area (TPSA) is 64.1 Å². The Hall–Kier alpha value is -0.120. The third-order valence-electron chi connectivity index (χ3n) is 4.22. The number of hydrogen-bond acceptors (Lipinski definition) is 3. The fourth-order valence-corrected chi connectivity index (χ4v) is 2.98. The van der Waals surface area contributed by atoms with E-state index in [2.05, 4.69) is 39.9 Å². The zero-order chi connectivity index (χ0) is 16.3. The van der Waals surface area contributed by atoms with E-state index in [1.165, 1.54) is 38.5 Å². The van der Waals surface area contributed by atoms with Gasteiger partial charge in [0.05, 0.1) is 0 Å². The molecule has 0 amide bonds. The van der Waals surface area contributed by atoms with E-state index in [9.17, 15) is 0 Å². The molecule has 3 nitrogen and oxygen atoms in total. The Morgan fingerprint density at radius 1 is 0.905 bits per heavy atom. The van der Waals surface area contributed by atoms with E-state index in [1.54, 1.807) is 0 Å². The van der Waals surface area contributed by atoms with Gasteiger partial charge in [-0.1, -0.05) is 39.5 Å². The van der Waals surface area contributed by atoms with Crippen molar-refractivity contribution in [3.05, 3.63) is 0 Å². The number of nitrogens with two attached hydrogens (primary N) is 2. The summed E-state index contributed by atoms with van der Waals surface area (Å²) in [6, 6.07) is 0.885. The highest BCUT2D eigenvalue weighted by atomic mass is 15.0. The molecule has 0 fully saturated rings. The molecule has 2 unspecified atom stereocenters. The van der Waals surface area contributed by atoms with Crippen molar-refractivity contribution in [2.75, 3.05) is 6.54 Å². The van der Waals surface area contributed by atoms with Crippen molar-refractivity contribution in [2.24, 2.45) is 17.4 Å². The average Bonchev–Trinajstić information content (AvgIpc) is 2.33. The number of hydrogen-bond donors (Lipinski definition) is 3. The van der Waals surface area contributed by atoms with Crippen LogP contribution in [0.5, 0.6) is 0 Å². The molecule has 0 bridgehead atoms. The highest BCUT2D eigenvalue weighted by Gasteiger charge is 2.19. The van der Waals surface area contributed by atoms with Crippen LogP contribution in [0, 0.1) is 5.92 Å². The summed E-state index contributed by atoms with van der Waals surface area (Å²) in [6.07, 6.45) is 9.70. The van der Waals surface area contributed by atoms with Crippen LogP contribution in [0.3, 0.4) is 0 Å². The molecule has 21 heavy (non-hydrogen) atoms. The summed E-state index contributed by atoms with van der Waals surface area (Å²) in [5.74, 6) is 0.816. The Bertz CT molecular complexity index is 239. The van der Waals surface area contributed by atoms with Crippen LogP contribution in [0.25, 0.3) is 0 Å². The van der Waals surface area contributed by atoms with Gasteiger partial charge in [0.2, 0.25) is 0 Å². The fourth-order valence-electron chi connectivity index (χ4n) is 2.98. The Morgan fingerprint density at radius 2 is 1.52 bits per heavy atom. The quantitative estimate of drug-likeness (QED) is 0.453. The fraction of sp³-hybridized carbons (Fsp3) is 1.00. The number of rotatable bonds is 13. The lowest BCUT2D eigenvalue weighted by Crippen LogP contribution is -2.44. The summed E-state index contributed by atoms with van der Waals surface area (Å²) < 4.78 is 0.